The number of nitrogens with zero attached hydrogens (tertiary/aromatic N) is 1. The van der Waals surface area contributed by atoms with E-state index in [9.17, 15) is 19.5 Å². The average Bonchev–Trinajstić information content (AvgIpc) is 2.64. The van der Waals surface area contributed by atoms with Crippen LogP contribution < -0.4 is 0 Å². The van der Waals surface area contributed by atoms with E-state index in [1.807, 2.05) is 13.8 Å². The van der Waals surface area contributed by atoms with E-state index < -0.39 is 47.0 Å². The number of carbonyl (C=O) groups excluding carboxylic acids is 3. The Labute approximate surface area is 146 Å². The second kappa shape index (κ2) is 6.22. The van der Waals surface area contributed by atoms with Gasteiger partial charge in [-0.05, 0) is 41.5 Å². The molecule has 136 valence electrons. The third kappa shape index (κ3) is 3.26. The summed E-state index contributed by atoms with van der Waals surface area (Å²) in [6.07, 6.45) is -0.760. The van der Waals surface area contributed by atoms with Gasteiger partial charge in [0.15, 0.2) is 0 Å². The highest BCUT2D eigenvalue weighted by atomic mass is 32.2. The van der Waals surface area contributed by atoms with Gasteiger partial charge in [-0.25, -0.2) is 4.79 Å². The molecule has 2 aliphatic heterocycles. The standard InChI is InChI=1S/C16H25NO6S/c1-8(18)9-11(19)17-10(16(5,6)24-12(9)17)13(20)22-7-23-14(21)15(2,3)4/h8-10,12,18H,7H2,1-6H3/t8-,9-,10+,12-/m1/s1. The summed E-state index contributed by atoms with van der Waals surface area (Å²) in [5.74, 6) is -1.82. The van der Waals surface area contributed by atoms with E-state index in [0.717, 1.165) is 0 Å². The van der Waals surface area contributed by atoms with E-state index in [-0.39, 0.29) is 11.3 Å². The van der Waals surface area contributed by atoms with Crippen LogP contribution in [0.4, 0.5) is 0 Å². The Morgan fingerprint density at radius 2 is 1.92 bits per heavy atom. The van der Waals surface area contributed by atoms with Crippen molar-refractivity contribution in [1.29, 1.82) is 0 Å². The Bertz CT molecular complexity index is 553. The summed E-state index contributed by atoms with van der Waals surface area (Å²) < 4.78 is 9.46. The topological polar surface area (TPSA) is 93.1 Å². The summed E-state index contributed by atoms with van der Waals surface area (Å²) in [6, 6.07) is -0.761. The fourth-order valence-electron chi connectivity index (χ4n) is 2.90. The molecule has 0 aliphatic carbocycles. The highest BCUT2D eigenvalue weighted by Gasteiger charge is 2.65. The first kappa shape index (κ1) is 19.1. The van der Waals surface area contributed by atoms with Gasteiger partial charge in [-0.2, -0.15) is 0 Å². The molecule has 0 saturated carbocycles. The molecule has 4 atom stereocenters. The number of β-lactam (4-membered cyclic amide) rings is 1. The molecule has 0 aromatic rings. The molecule has 0 radical (unpaired) electrons. The number of amides is 1. The van der Waals surface area contributed by atoms with Crippen LogP contribution in [0.1, 0.15) is 41.5 Å². The summed E-state index contributed by atoms with van der Waals surface area (Å²) in [6.45, 7) is 9.92. The lowest BCUT2D eigenvalue weighted by atomic mass is 9.88. The molecule has 2 heterocycles. The smallest absolute Gasteiger partial charge is 0.333 e. The summed E-state index contributed by atoms with van der Waals surface area (Å²) in [5.41, 5.74) is -0.683. The van der Waals surface area contributed by atoms with Crippen LogP contribution >= 0.6 is 11.8 Å². The monoisotopic (exact) mass is 359 g/mol. The number of hydrogen-bond acceptors (Lipinski definition) is 7. The minimum atomic E-state index is -0.761. The Balaban J connectivity index is 1.99. The van der Waals surface area contributed by atoms with E-state index >= 15 is 0 Å². The van der Waals surface area contributed by atoms with Gasteiger partial charge in [0.25, 0.3) is 0 Å². The highest BCUT2D eigenvalue weighted by molar-refractivity contribution is 8.01. The number of hydrogen-bond donors (Lipinski definition) is 1. The van der Waals surface area contributed by atoms with Crippen molar-refractivity contribution in [2.24, 2.45) is 11.3 Å². The van der Waals surface area contributed by atoms with Crippen LogP contribution in [-0.2, 0) is 23.9 Å². The molecule has 0 unspecified atom stereocenters. The molecule has 0 bridgehead atoms. The number of esters is 2. The molecule has 0 aromatic carbocycles. The molecule has 2 saturated heterocycles. The molecule has 1 amide bonds. The lowest BCUT2D eigenvalue weighted by Gasteiger charge is -2.45. The maximum absolute atomic E-state index is 12.4. The Morgan fingerprint density at radius 3 is 2.42 bits per heavy atom. The third-order valence-electron chi connectivity index (χ3n) is 4.23. The summed E-state index contributed by atoms with van der Waals surface area (Å²) in [7, 11) is 0. The minimum absolute atomic E-state index is 0.234. The maximum Gasteiger partial charge on any atom is 0.333 e. The zero-order valence-corrected chi connectivity index (χ0v) is 15.7. The second-order valence-electron chi connectivity index (χ2n) is 7.79. The number of rotatable bonds is 4. The van der Waals surface area contributed by atoms with Crippen molar-refractivity contribution < 1.29 is 29.0 Å². The Kier molecular flexibility index (Phi) is 4.94. The molecule has 0 spiro atoms. The van der Waals surface area contributed by atoms with Gasteiger partial charge in [0.1, 0.15) is 6.04 Å². The number of thioether (sulfide) groups is 1. The first-order valence-corrected chi connectivity index (χ1v) is 8.78. The molecular formula is C16H25NO6S. The number of carbonyl (C=O) groups is 3. The van der Waals surface area contributed by atoms with E-state index in [4.69, 9.17) is 9.47 Å². The highest BCUT2D eigenvalue weighted by Crippen LogP contribution is 2.54. The normalized spacial score (nSPS) is 29.5. The molecule has 2 aliphatic rings. The fourth-order valence-corrected chi connectivity index (χ4v) is 4.69. The average molecular weight is 359 g/mol. The van der Waals surface area contributed by atoms with E-state index in [2.05, 4.69) is 0 Å². The van der Waals surface area contributed by atoms with Gasteiger partial charge >= 0.3 is 11.9 Å². The van der Waals surface area contributed by atoms with Crippen molar-refractivity contribution in [2.45, 2.75) is 63.8 Å². The van der Waals surface area contributed by atoms with E-state index in [1.54, 1.807) is 27.7 Å². The van der Waals surface area contributed by atoms with Gasteiger partial charge < -0.3 is 19.5 Å². The SMILES string of the molecule is C[C@@H](O)[C@@H]1C(=O)N2[C@@H]1SC(C)(C)[C@@H]2C(=O)OCOC(=O)C(C)(C)C. The van der Waals surface area contributed by atoms with Gasteiger partial charge in [0, 0.05) is 4.75 Å². The largest absolute Gasteiger partial charge is 0.427 e. The van der Waals surface area contributed by atoms with Gasteiger partial charge in [-0.1, -0.05) is 0 Å². The molecule has 24 heavy (non-hydrogen) atoms. The first-order chi connectivity index (χ1) is 10.9. The van der Waals surface area contributed by atoms with Crippen molar-refractivity contribution in [3.8, 4) is 0 Å². The lowest BCUT2D eigenvalue weighted by molar-refractivity contribution is -0.183. The number of ether oxygens (including phenoxy) is 2. The summed E-state index contributed by atoms with van der Waals surface area (Å²) in [5, 5.41) is 9.49. The predicted octanol–water partition coefficient (Wildman–Crippen LogP) is 1.14. The van der Waals surface area contributed by atoms with Crippen molar-refractivity contribution >= 4 is 29.6 Å². The van der Waals surface area contributed by atoms with Gasteiger partial charge in [-0.15, -0.1) is 11.8 Å². The summed E-state index contributed by atoms with van der Waals surface area (Å²) >= 11 is 1.47. The molecular weight excluding hydrogens is 334 g/mol. The third-order valence-corrected chi connectivity index (χ3v) is 5.82. The first-order valence-electron chi connectivity index (χ1n) is 7.90. The zero-order chi connectivity index (χ0) is 18.4. The Hall–Kier alpha value is -1.28. The fraction of sp³-hybridized carbons (Fsp3) is 0.812. The van der Waals surface area contributed by atoms with Crippen LogP contribution in [0.2, 0.25) is 0 Å². The van der Waals surface area contributed by atoms with Gasteiger partial charge in [0.05, 0.1) is 22.8 Å². The van der Waals surface area contributed by atoms with Gasteiger partial charge in [-0.3, -0.25) is 9.59 Å². The molecule has 0 aromatic heterocycles. The lowest BCUT2D eigenvalue weighted by Crippen LogP contribution is -2.65. The molecule has 2 fully saturated rings. The minimum Gasteiger partial charge on any atom is -0.427 e. The van der Waals surface area contributed by atoms with E-state index in [1.165, 1.54) is 16.7 Å². The van der Waals surface area contributed by atoms with Crippen molar-refractivity contribution in [3.05, 3.63) is 0 Å². The van der Waals surface area contributed by atoms with Crippen LogP contribution in [0.25, 0.3) is 0 Å². The van der Waals surface area contributed by atoms with Gasteiger partial charge in [0.2, 0.25) is 12.7 Å². The van der Waals surface area contributed by atoms with Crippen LogP contribution in [0.5, 0.6) is 0 Å². The van der Waals surface area contributed by atoms with Crippen LogP contribution in [0.15, 0.2) is 0 Å². The number of aliphatic hydroxyl groups is 1. The molecule has 8 heteroatoms. The van der Waals surface area contributed by atoms with Crippen molar-refractivity contribution in [1.82, 2.24) is 4.90 Å². The summed E-state index contributed by atoms with van der Waals surface area (Å²) in [4.78, 5) is 37.8. The van der Waals surface area contributed by atoms with Crippen LogP contribution in [-0.4, -0.2) is 56.9 Å². The molecule has 2 rings (SSSR count). The van der Waals surface area contributed by atoms with Crippen molar-refractivity contribution in [2.75, 3.05) is 6.79 Å². The second-order valence-corrected chi connectivity index (χ2v) is 9.56. The number of fused-ring (bicyclic) bond motifs is 1. The molecule has 1 N–H and O–H groups in total. The number of aliphatic hydroxyl groups excluding tert-OH is 1. The predicted molar refractivity (Wildman–Crippen MR) is 87.8 cm³/mol. The van der Waals surface area contributed by atoms with Crippen molar-refractivity contribution in [3.63, 3.8) is 0 Å². The van der Waals surface area contributed by atoms with E-state index in [0.29, 0.717) is 0 Å². The quantitative estimate of drug-likeness (QED) is 0.457. The van der Waals surface area contributed by atoms with Crippen LogP contribution in [0, 0.1) is 11.3 Å². The Morgan fingerprint density at radius 1 is 1.33 bits per heavy atom. The molecule has 7 nitrogen and oxygen atoms in total. The zero-order valence-electron chi connectivity index (χ0n) is 14.9. The maximum atomic E-state index is 12.4. The van der Waals surface area contributed by atoms with Crippen LogP contribution in [0.3, 0.4) is 0 Å².